The van der Waals surface area contributed by atoms with E-state index in [2.05, 4.69) is 15.6 Å². The Morgan fingerprint density at radius 1 is 1.42 bits per heavy atom. The third-order valence-corrected chi connectivity index (χ3v) is 4.17. The molecule has 0 fully saturated rings. The van der Waals surface area contributed by atoms with Crippen molar-refractivity contribution in [2.75, 3.05) is 18.6 Å². The molecule has 134 valence electrons. The van der Waals surface area contributed by atoms with Crippen molar-refractivity contribution in [2.45, 2.75) is 32.9 Å². The van der Waals surface area contributed by atoms with Crippen LogP contribution in [-0.2, 0) is 16.4 Å². The molecule has 0 radical (unpaired) electrons. The average Bonchev–Trinajstić information content (AvgIpc) is 2.50. The van der Waals surface area contributed by atoms with Crippen molar-refractivity contribution < 1.29 is 13.3 Å². The highest BCUT2D eigenvalue weighted by atomic mass is 32.2. The highest BCUT2D eigenvalue weighted by Gasteiger charge is 2.10. The van der Waals surface area contributed by atoms with Gasteiger partial charge >= 0.3 is 0 Å². The molecule has 0 aliphatic carbocycles. The fraction of sp³-hybridized carbons (Fsp3) is 0.533. The Labute approximate surface area is 142 Å². The summed E-state index contributed by atoms with van der Waals surface area (Å²) in [6.07, 6.45) is 1.68. The molecule has 1 unspecified atom stereocenters. The van der Waals surface area contributed by atoms with Gasteiger partial charge < -0.3 is 10.6 Å². The minimum Gasteiger partial charge on any atom is -0.357 e. The van der Waals surface area contributed by atoms with Gasteiger partial charge in [0.1, 0.15) is 9.84 Å². The summed E-state index contributed by atoms with van der Waals surface area (Å²) in [5.74, 6) is 0.649. The summed E-state index contributed by atoms with van der Waals surface area (Å²) in [6, 6.07) is 6.25. The van der Waals surface area contributed by atoms with Crippen molar-refractivity contribution in [1.29, 1.82) is 0 Å². The number of sulfone groups is 1. The number of nitrogens with zero attached hydrogens (tertiary/aromatic N) is 2. The maximum absolute atomic E-state index is 11.2. The lowest BCUT2D eigenvalue weighted by atomic mass is 10.2. The number of rotatable bonds is 8. The average molecular weight is 356 g/mol. The molecule has 1 aromatic carbocycles. The molecular formula is C15H24N4O4S. The van der Waals surface area contributed by atoms with Gasteiger partial charge in [-0.25, -0.2) is 13.4 Å². The summed E-state index contributed by atoms with van der Waals surface area (Å²) in [5, 5.41) is 17.0. The molecule has 0 saturated carbocycles. The minimum absolute atomic E-state index is 0.0298. The summed E-state index contributed by atoms with van der Waals surface area (Å²) in [5.41, 5.74) is 0.757. The van der Waals surface area contributed by atoms with Crippen molar-refractivity contribution >= 4 is 21.5 Å². The fourth-order valence-electron chi connectivity index (χ4n) is 1.96. The maximum atomic E-state index is 11.2. The molecule has 0 saturated heterocycles. The van der Waals surface area contributed by atoms with E-state index in [0.29, 0.717) is 18.9 Å². The third-order valence-electron chi connectivity index (χ3n) is 3.19. The van der Waals surface area contributed by atoms with Crippen LogP contribution >= 0.6 is 0 Å². The molecule has 0 amide bonds. The quantitative estimate of drug-likeness (QED) is 0.316. The first-order valence-corrected chi connectivity index (χ1v) is 9.73. The van der Waals surface area contributed by atoms with Gasteiger partial charge in [-0.1, -0.05) is 12.1 Å². The summed E-state index contributed by atoms with van der Waals surface area (Å²) in [4.78, 5) is 14.7. The summed E-state index contributed by atoms with van der Waals surface area (Å²) >= 11 is 0. The number of nitrogens with one attached hydrogen (secondary N) is 2. The molecule has 9 heteroatoms. The van der Waals surface area contributed by atoms with Gasteiger partial charge in [0.25, 0.3) is 5.69 Å². The zero-order valence-corrected chi connectivity index (χ0v) is 15.0. The van der Waals surface area contributed by atoms with E-state index >= 15 is 0 Å². The van der Waals surface area contributed by atoms with E-state index in [0.717, 1.165) is 5.56 Å². The van der Waals surface area contributed by atoms with E-state index in [4.69, 9.17) is 0 Å². The molecule has 0 aromatic heterocycles. The molecule has 0 aliphatic heterocycles. The van der Waals surface area contributed by atoms with Crippen LogP contribution < -0.4 is 10.6 Å². The SMILES string of the molecule is CCNC(=NCc1cccc([N+](=O)[O-])c1)NC(C)CCS(C)(=O)=O. The van der Waals surface area contributed by atoms with Crippen LogP contribution in [0.1, 0.15) is 25.8 Å². The highest BCUT2D eigenvalue weighted by Crippen LogP contribution is 2.13. The molecule has 1 atom stereocenters. The number of hydrogen-bond acceptors (Lipinski definition) is 5. The number of nitro benzene ring substituents is 1. The van der Waals surface area contributed by atoms with Gasteiger partial charge in [-0.05, 0) is 25.8 Å². The molecule has 0 bridgehead atoms. The Kier molecular flexibility index (Phi) is 7.63. The lowest BCUT2D eigenvalue weighted by Gasteiger charge is -2.17. The molecule has 1 aromatic rings. The van der Waals surface area contributed by atoms with Crippen LogP contribution in [0.25, 0.3) is 0 Å². The zero-order valence-electron chi connectivity index (χ0n) is 14.2. The van der Waals surface area contributed by atoms with Gasteiger partial charge in [-0.15, -0.1) is 0 Å². The predicted molar refractivity (Wildman–Crippen MR) is 94.8 cm³/mol. The Morgan fingerprint density at radius 2 is 2.12 bits per heavy atom. The lowest BCUT2D eigenvalue weighted by Crippen LogP contribution is -2.42. The summed E-state index contributed by atoms with van der Waals surface area (Å²) in [7, 11) is -3.00. The lowest BCUT2D eigenvalue weighted by molar-refractivity contribution is -0.384. The highest BCUT2D eigenvalue weighted by molar-refractivity contribution is 7.90. The number of guanidine groups is 1. The normalized spacial score (nSPS) is 13.4. The van der Waals surface area contributed by atoms with Crippen LogP contribution in [-0.4, -0.2) is 43.9 Å². The van der Waals surface area contributed by atoms with Gasteiger partial charge in [0.05, 0.1) is 17.2 Å². The Bertz CT molecular complexity index is 688. The van der Waals surface area contributed by atoms with Crippen molar-refractivity contribution in [2.24, 2.45) is 4.99 Å². The smallest absolute Gasteiger partial charge is 0.269 e. The van der Waals surface area contributed by atoms with Crippen LogP contribution in [0.4, 0.5) is 5.69 Å². The number of non-ortho nitro benzene ring substituents is 1. The Balaban J connectivity index is 2.71. The standard InChI is InChI=1S/C15H24N4O4S/c1-4-16-15(18-12(2)8-9-24(3,22)23)17-11-13-6-5-7-14(10-13)19(20)21/h5-7,10,12H,4,8-9,11H2,1-3H3,(H2,16,17,18). The van der Waals surface area contributed by atoms with E-state index in [-0.39, 0.29) is 24.0 Å². The van der Waals surface area contributed by atoms with Crippen molar-refractivity contribution in [1.82, 2.24) is 10.6 Å². The third kappa shape index (κ3) is 7.91. The molecule has 1 rings (SSSR count). The van der Waals surface area contributed by atoms with Crippen LogP contribution in [0.3, 0.4) is 0 Å². The van der Waals surface area contributed by atoms with E-state index in [9.17, 15) is 18.5 Å². The molecule has 24 heavy (non-hydrogen) atoms. The van der Waals surface area contributed by atoms with Gasteiger partial charge in [0.2, 0.25) is 0 Å². The first kappa shape index (κ1) is 19.9. The van der Waals surface area contributed by atoms with E-state index in [1.54, 1.807) is 12.1 Å². The maximum Gasteiger partial charge on any atom is 0.269 e. The second kappa shape index (κ2) is 9.21. The van der Waals surface area contributed by atoms with Gasteiger partial charge in [-0.2, -0.15) is 0 Å². The topological polar surface area (TPSA) is 114 Å². The Morgan fingerprint density at radius 3 is 2.71 bits per heavy atom. The van der Waals surface area contributed by atoms with Crippen molar-refractivity contribution in [3.8, 4) is 0 Å². The fourth-order valence-corrected chi connectivity index (χ4v) is 2.74. The largest absolute Gasteiger partial charge is 0.357 e. The Hall–Kier alpha value is -2.16. The van der Waals surface area contributed by atoms with Crippen LogP contribution in [0.5, 0.6) is 0 Å². The number of nitro groups is 1. The first-order chi connectivity index (χ1) is 11.2. The van der Waals surface area contributed by atoms with Gasteiger partial charge in [-0.3, -0.25) is 10.1 Å². The minimum atomic E-state index is -3.00. The van der Waals surface area contributed by atoms with Crippen LogP contribution in [0.2, 0.25) is 0 Å². The second-order valence-electron chi connectivity index (χ2n) is 5.59. The molecule has 0 aliphatic rings. The van der Waals surface area contributed by atoms with Crippen molar-refractivity contribution in [3.63, 3.8) is 0 Å². The summed E-state index contributed by atoms with van der Waals surface area (Å²) in [6.45, 7) is 4.74. The zero-order chi connectivity index (χ0) is 18.2. The van der Waals surface area contributed by atoms with Gasteiger partial charge in [0, 0.05) is 31.0 Å². The summed E-state index contributed by atoms with van der Waals surface area (Å²) < 4.78 is 22.4. The van der Waals surface area contributed by atoms with Crippen LogP contribution in [0.15, 0.2) is 29.3 Å². The van der Waals surface area contributed by atoms with E-state index in [1.807, 2.05) is 13.8 Å². The number of benzene rings is 1. The molecule has 8 nitrogen and oxygen atoms in total. The number of aliphatic imine (C=N–C) groups is 1. The molecule has 0 spiro atoms. The molecular weight excluding hydrogens is 332 g/mol. The molecule has 2 N–H and O–H groups in total. The number of hydrogen-bond donors (Lipinski definition) is 2. The van der Waals surface area contributed by atoms with Gasteiger partial charge in [0.15, 0.2) is 5.96 Å². The van der Waals surface area contributed by atoms with Crippen LogP contribution in [0, 0.1) is 10.1 Å². The van der Waals surface area contributed by atoms with E-state index in [1.165, 1.54) is 18.4 Å². The second-order valence-corrected chi connectivity index (χ2v) is 7.85. The molecule has 0 heterocycles. The predicted octanol–water partition coefficient (Wildman–Crippen LogP) is 1.47. The monoisotopic (exact) mass is 356 g/mol. The van der Waals surface area contributed by atoms with E-state index < -0.39 is 14.8 Å². The van der Waals surface area contributed by atoms with Crippen molar-refractivity contribution in [3.05, 3.63) is 39.9 Å². The first-order valence-electron chi connectivity index (χ1n) is 7.67.